The van der Waals surface area contributed by atoms with Crippen molar-refractivity contribution in [3.8, 4) is 0 Å². The fourth-order valence-corrected chi connectivity index (χ4v) is 4.37. The fraction of sp³-hybridized carbons (Fsp3) is 0.500. The molecule has 2 aliphatic heterocycles. The van der Waals surface area contributed by atoms with Crippen molar-refractivity contribution in [2.75, 3.05) is 20.1 Å². The van der Waals surface area contributed by atoms with Crippen LogP contribution in [-0.2, 0) is 6.54 Å². The van der Waals surface area contributed by atoms with Gasteiger partial charge in [0.05, 0.1) is 6.54 Å². The van der Waals surface area contributed by atoms with Crippen LogP contribution in [-0.4, -0.2) is 57.7 Å². The lowest BCUT2D eigenvalue weighted by Crippen LogP contribution is -2.47. The molecule has 2 atom stereocenters. The molecule has 0 aliphatic carbocycles. The Balaban J connectivity index is 1.46. The summed E-state index contributed by atoms with van der Waals surface area (Å²) in [5.41, 5.74) is 1.96. The molecule has 0 saturated carbocycles. The summed E-state index contributed by atoms with van der Waals surface area (Å²) >= 11 is 0. The molecule has 25 heavy (non-hydrogen) atoms. The number of carbonyl (C=O) groups is 1. The Labute approximate surface area is 149 Å². The summed E-state index contributed by atoms with van der Waals surface area (Å²) in [5, 5.41) is 4.23. The molecular formula is C20H26N4O. The standard InChI is InChI=1S/C20H26N4O/c1-22-12-2-5-18(22)19-6-3-14-24(19)20(25)17-9-7-16(8-10-17)15-23-13-4-11-21-23/h4,7-11,13,18-19H,2-3,5-6,12,14-15H2,1H3. The first-order valence-electron chi connectivity index (χ1n) is 9.30. The van der Waals surface area contributed by atoms with Crippen molar-refractivity contribution in [3.05, 3.63) is 53.9 Å². The maximum atomic E-state index is 13.0. The first-order chi connectivity index (χ1) is 12.2. The third-order valence-corrected chi connectivity index (χ3v) is 5.69. The first-order valence-corrected chi connectivity index (χ1v) is 9.30. The van der Waals surface area contributed by atoms with Crippen molar-refractivity contribution < 1.29 is 4.79 Å². The topological polar surface area (TPSA) is 41.4 Å². The summed E-state index contributed by atoms with van der Waals surface area (Å²) in [6.45, 7) is 2.79. The second-order valence-corrected chi connectivity index (χ2v) is 7.30. The SMILES string of the molecule is CN1CCCC1C1CCCN1C(=O)c1ccc(Cn2cccn2)cc1. The van der Waals surface area contributed by atoms with Gasteiger partial charge in [-0.3, -0.25) is 9.48 Å². The quantitative estimate of drug-likeness (QED) is 0.860. The smallest absolute Gasteiger partial charge is 0.254 e. The molecule has 0 bridgehead atoms. The zero-order valence-corrected chi connectivity index (χ0v) is 14.8. The summed E-state index contributed by atoms with van der Waals surface area (Å²) in [7, 11) is 2.20. The van der Waals surface area contributed by atoms with Crippen LogP contribution in [0.2, 0.25) is 0 Å². The molecule has 0 N–H and O–H groups in total. The maximum Gasteiger partial charge on any atom is 0.254 e. The van der Waals surface area contributed by atoms with E-state index >= 15 is 0 Å². The van der Waals surface area contributed by atoms with Crippen LogP contribution in [0.3, 0.4) is 0 Å². The average Bonchev–Trinajstić information content (AvgIpc) is 3.36. The highest BCUT2D eigenvalue weighted by atomic mass is 16.2. The van der Waals surface area contributed by atoms with Gasteiger partial charge in [-0.2, -0.15) is 5.10 Å². The molecule has 2 saturated heterocycles. The number of amides is 1. The molecule has 0 spiro atoms. The summed E-state index contributed by atoms with van der Waals surface area (Å²) in [5.74, 6) is 0.188. The maximum absolute atomic E-state index is 13.0. The number of carbonyl (C=O) groups excluding carboxylic acids is 1. The number of hydrogen-bond donors (Lipinski definition) is 0. The van der Waals surface area contributed by atoms with Gasteiger partial charge in [-0.1, -0.05) is 12.1 Å². The highest BCUT2D eigenvalue weighted by molar-refractivity contribution is 5.94. The third kappa shape index (κ3) is 3.33. The first kappa shape index (κ1) is 16.3. The van der Waals surface area contributed by atoms with Gasteiger partial charge in [0, 0.05) is 36.6 Å². The van der Waals surface area contributed by atoms with Crippen molar-refractivity contribution in [1.29, 1.82) is 0 Å². The molecule has 4 rings (SSSR count). The Morgan fingerprint density at radius 2 is 1.88 bits per heavy atom. The second kappa shape index (κ2) is 7.00. The molecular weight excluding hydrogens is 312 g/mol. The Hall–Kier alpha value is -2.14. The van der Waals surface area contributed by atoms with E-state index in [2.05, 4.69) is 21.9 Å². The molecule has 132 valence electrons. The van der Waals surface area contributed by atoms with Crippen molar-refractivity contribution >= 4 is 5.91 Å². The van der Waals surface area contributed by atoms with Crippen molar-refractivity contribution in [2.45, 2.75) is 44.3 Å². The molecule has 1 aromatic heterocycles. The minimum absolute atomic E-state index is 0.188. The van der Waals surface area contributed by atoms with Crippen molar-refractivity contribution in [3.63, 3.8) is 0 Å². The zero-order chi connectivity index (χ0) is 17.2. The minimum atomic E-state index is 0.188. The third-order valence-electron chi connectivity index (χ3n) is 5.69. The lowest BCUT2D eigenvalue weighted by Gasteiger charge is -2.33. The molecule has 1 aromatic carbocycles. The average molecular weight is 338 g/mol. The van der Waals surface area contributed by atoms with Gasteiger partial charge in [0.2, 0.25) is 0 Å². The van der Waals surface area contributed by atoms with Gasteiger partial charge < -0.3 is 9.80 Å². The van der Waals surface area contributed by atoms with E-state index in [0.29, 0.717) is 12.1 Å². The summed E-state index contributed by atoms with van der Waals surface area (Å²) in [4.78, 5) is 17.6. The van der Waals surface area contributed by atoms with Crippen LogP contribution in [0.1, 0.15) is 41.6 Å². The Morgan fingerprint density at radius 1 is 1.12 bits per heavy atom. The molecule has 1 amide bonds. The lowest BCUT2D eigenvalue weighted by molar-refractivity contribution is 0.0664. The van der Waals surface area contributed by atoms with Gasteiger partial charge in [0.15, 0.2) is 0 Å². The molecule has 2 unspecified atom stereocenters. The van der Waals surface area contributed by atoms with E-state index in [4.69, 9.17) is 0 Å². The largest absolute Gasteiger partial charge is 0.334 e. The summed E-state index contributed by atoms with van der Waals surface area (Å²) in [6.07, 6.45) is 8.46. The van der Waals surface area contributed by atoms with Gasteiger partial charge in [-0.25, -0.2) is 0 Å². The number of likely N-dealkylation sites (tertiary alicyclic amines) is 2. The number of nitrogens with zero attached hydrogens (tertiary/aromatic N) is 4. The number of likely N-dealkylation sites (N-methyl/N-ethyl adjacent to an activating group) is 1. The van der Waals surface area contributed by atoms with Gasteiger partial charge in [-0.15, -0.1) is 0 Å². The van der Waals surface area contributed by atoms with Gasteiger partial charge in [-0.05, 0) is 63.0 Å². The Morgan fingerprint density at radius 3 is 2.56 bits per heavy atom. The predicted octanol–water partition coefficient (Wildman–Crippen LogP) is 2.63. The predicted molar refractivity (Wildman–Crippen MR) is 97.5 cm³/mol. The number of benzene rings is 1. The number of hydrogen-bond acceptors (Lipinski definition) is 3. The summed E-state index contributed by atoms with van der Waals surface area (Å²) in [6, 6.07) is 10.9. The van der Waals surface area contributed by atoms with Crippen LogP contribution in [0.5, 0.6) is 0 Å². The van der Waals surface area contributed by atoms with E-state index in [0.717, 1.165) is 43.6 Å². The number of rotatable bonds is 4. The van der Waals surface area contributed by atoms with Gasteiger partial charge in [0.1, 0.15) is 0 Å². The van der Waals surface area contributed by atoms with E-state index in [1.807, 2.05) is 41.2 Å². The Bertz CT molecular complexity index is 710. The molecule has 5 nitrogen and oxygen atoms in total. The van der Waals surface area contributed by atoms with Crippen molar-refractivity contribution in [2.24, 2.45) is 0 Å². The highest BCUT2D eigenvalue weighted by Gasteiger charge is 2.38. The van der Waals surface area contributed by atoms with Crippen LogP contribution in [0.4, 0.5) is 0 Å². The van der Waals surface area contributed by atoms with Crippen LogP contribution >= 0.6 is 0 Å². The van der Waals surface area contributed by atoms with E-state index in [-0.39, 0.29) is 5.91 Å². The van der Waals surface area contributed by atoms with E-state index in [9.17, 15) is 4.79 Å². The van der Waals surface area contributed by atoms with Crippen LogP contribution < -0.4 is 0 Å². The molecule has 2 aromatic rings. The van der Waals surface area contributed by atoms with Gasteiger partial charge >= 0.3 is 0 Å². The van der Waals surface area contributed by atoms with E-state index in [1.54, 1.807) is 6.20 Å². The van der Waals surface area contributed by atoms with Crippen LogP contribution in [0.15, 0.2) is 42.7 Å². The summed E-state index contributed by atoms with van der Waals surface area (Å²) < 4.78 is 1.89. The van der Waals surface area contributed by atoms with E-state index < -0.39 is 0 Å². The highest BCUT2D eigenvalue weighted by Crippen LogP contribution is 2.30. The normalized spacial score (nSPS) is 24.1. The molecule has 0 radical (unpaired) electrons. The molecule has 2 aliphatic rings. The Kier molecular flexibility index (Phi) is 4.57. The zero-order valence-electron chi connectivity index (χ0n) is 14.8. The van der Waals surface area contributed by atoms with Crippen LogP contribution in [0.25, 0.3) is 0 Å². The van der Waals surface area contributed by atoms with E-state index in [1.165, 1.54) is 12.8 Å². The molecule has 5 heteroatoms. The number of aromatic nitrogens is 2. The van der Waals surface area contributed by atoms with Crippen LogP contribution in [0, 0.1) is 0 Å². The second-order valence-electron chi connectivity index (χ2n) is 7.30. The fourth-order valence-electron chi connectivity index (χ4n) is 4.37. The molecule has 2 fully saturated rings. The monoisotopic (exact) mass is 338 g/mol. The molecule has 3 heterocycles. The lowest BCUT2D eigenvalue weighted by atomic mass is 10.0. The van der Waals surface area contributed by atoms with Gasteiger partial charge in [0.25, 0.3) is 5.91 Å². The van der Waals surface area contributed by atoms with Crippen molar-refractivity contribution in [1.82, 2.24) is 19.6 Å². The minimum Gasteiger partial charge on any atom is -0.334 e.